The highest BCUT2D eigenvalue weighted by atomic mass is 35.5. The van der Waals surface area contributed by atoms with E-state index in [1.807, 2.05) is 0 Å². The zero-order chi connectivity index (χ0) is 17.5. The molecule has 2 aromatic rings. The van der Waals surface area contributed by atoms with Gasteiger partial charge in [-0.1, -0.05) is 23.7 Å². The van der Waals surface area contributed by atoms with Gasteiger partial charge in [0.15, 0.2) is 6.61 Å². The van der Waals surface area contributed by atoms with Crippen LogP contribution in [0.2, 0.25) is 5.02 Å². The first-order valence-electron chi connectivity index (χ1n) is 7.10. The molecule has 0 aromatic heterocycles. The molecule has 0 saturated carbocycles. The number of hydrogen-bond donors (Lipinski definition) is 0. The van der Waals surface area contributed by atoms with Gasteiger partial charge in [0.2, 0.25) is 0 Å². The second-order valence-corrected chi connectivity index (χ2v) is 5.45. The van der Waals surface area contributed by atoms with Gasteiger partial charge in [-0.3, -0.25) is 4.79 Å². The Morgan fingerprint density at radius 1 is 1.08 bits per heavy atom. The fourth-order valence-corrected chi connectivity index (χ4v) is 2.05. The van der Waals surface area contributed by atoms with E-state index in [4.69, 9.17) is 16.3 Å². The molecule has 0 saturated heterocycles. The minimum absolute atomic E-state index is 0.0776. The summed E-state index contributed by atoms with van der Waals surface area (Å²) in [6, 6.07) is 12.8. The van der Waals surface area contributed by atoms with Crippen molar-refractivity contribution in [2.75, 3.05) is 13.7 Å². The van der Waals surface area contributed by atoms with Crippen LogP contribution in [0.3, 0.4) is 0 Å². The average molecular weight is 356 g/mol. The summed E-state index contributed by atoms with van der Waals surface area (Å²) >= 11 is 5.77. The zero-order valence-corrected chi connectivity index (χ0v) is 13.7. The van der Waals surface area contributed by atoms with Crippen molar-refractivity contribution in [2.45, 2.75) is 13.2 Å². The number of hydrogen-bond acceptors (Lipinski definition) is 3. The van der Waals surface area contributed by atoms with Crippen LogP contribution in [0.25, 0.3) is 0 Å². The van der Waals surface area contributed by atoms with E-state index in [0.717, 1.165) is 5.56 Å². The molecular formula is C17H16ClF2NO3. The van der Waals surface area contributed by atoms with Crippen molar-refractivity contribution in [1.82, 2.24) is 4.90 Å². The maximum absolute atomic E-state index is 12.1. The molecule has 0 fully saturated rings. The van der Waals surface area contributed by atoms with Crippen molar-refractivity contribution in [3.8, 4) is 11.5 Å². The first-order chi connectivity index (χ1) is 11.4. The van der Waals surface area contributed by atoms with Gasteiger partial charge in [0.25, 0.3) is 5.91 Å². The zero-order valence-electron chi connectivity index (χ0n) is 12.9. The lowest BCUT2D eigenvalue weighted by Gasteiger charge is -2.18. The van der Waals surface area contributed by atoms with Gasteiger partial charge in [0, 0.05) is 18.6 Å². The normalized spacial score (nSPS) is 10.5. The fourth-order valence-electron chi connectivity index (χ4n) is 1.92. The summed E-state index contributed by atoms with van der Waals surface area (Å²) < 4.78 is 33.8. The second kappa shape index (κ2) is 8.49. The molecule has 0 atom stereocenters. The van der Waals surface area contributed by atoms with Gasteiger partial charge in [0.1, 0.15) is 11.5 Å². The SMILES string of the molecule is CN(Cc1ccc(OC(F)F)cc1)C(=O)COc1ccc(Cl)cc1. The molecule has 4 nitrogen and oxygen atoms in total. The molecule has 0 bridgehead atoms. The standard InChI is InChI=1S/C17H16ClF2NO3/c1-21(10-12-2-6-15(7-3-12)24-17(19)20)16(22)11-23-14-8-4-13(18)5-9-14/h2-9,17H,10-11H2,1H3. The third-order valence-corrected chi connectivity index (χ3v) is 3.42. The summed E-state index contributed by atoms with van der Waals surface area (Å²) in [7, 11) is 1.64. The van der Waals surface area contributed by atoms with E-state index in [0.29, 0.717) is 17.3 Å². The van der Waals surface area contributed by atoms with E-state index in [1.54, 1.807) is 43.4 Å². The lowest BCUT2D eigenvalue weighted by molar-refractivity contribution is -0.132. The third-order valence-electron chi connectivity index (χ3n) is 3.17. The molecule has 0 radical (unpaired) electrons. The minimum atomic E-state index is -2.86. The summed E-state index contributed by atoms with van der Waals surface area (Å²) in [4.78, 5) is 13.5. The van der Waals surface area contributed by atoms with Crippen LogP contribution in [0.1, 0.15) is 5.56 Å². The lowest BCUT2D eigenvalue weighted by Crippen LogP contribution is -2.30. The first kappa shape index (κ1) is 18.0. The first-order valence-corrected chi connectivity index (χ1v) is 7.48. The molecule has 0 aliphatic rings. The Kier molecular flexibility index (Phi) is 6.37. The summed E-state index contributed by atoms with van der Waals surface area (Å²) in [6.07, 6.45) is 0. The summed E-state index contributed by atoms with van der Waals surface area (Å²) in [5.41, 5.74) is 0.791. The Bertz CT molecular complexity index is 663. The molecule has 0 aliphatic carbocycles. The molecule has 0 N–H and O–H groups in total. The van der Waals surface area contributed by atoms with E-state index in [-0.39, 0.29) is 18.3 Å². The maximum Gasteiger partial charge on any atom is 0.387 e. The van der Waals surface area contributed by atoms with Crippen LogP contribution < -0.4 is 9.47 Å². The number of halogens is 3. The Labute approximate surface area is 143 Å². The Morgan fingerprint density at radius 3 is 2.25 bits per heavy atom. The van der Waals surface area contributed by atoms with Gasteiger partial charge in [-0.25, -0.2) is 0 Å². The van der Waals surface area contributed by atoms with Gasteiger partial charge in [0.05, 0.1) is 0 Å². The number of likely N-dealkylation sites (N-methyl/N-ethyl adjacent to an activating group) is 1. The number of amides is 1. The Hall–Kier alpha value is -2.34. The van der Waals surface area contributed by atoms with Crippen LogP contribution in [-0.4, -0.2) is 31.1 Å². The van der Waals surface area contributed by atoms with Crippen LogP contribution in [0.5, 0.6) is 11.5 Å². The monoisotopic (exact) mass is 355 g/mol. The van der Waals surface area contributed by atoms with E-state index in [2.05, 4.69) is 4.74 Å². The van der Waals surface area contributed by atoms with E-state index in [9.17, 15) is 13.6 Å². The van der Waals surface area contributed by atoms with Crippen molar-refractivity contribution in [1.29, 1.82) is 0 Å². The number of carbonyl (C=O) groups is 1. The van der Waals surface area contributed by atoms with Crippen molar-refractivity contribution in [3.63, 3.8) is 0 Å². The second-order valence-electron chi connectivity index (χ2n) is 5.01. The van der Waals surface area contributed by atoms with Crippen LogP contribution >= 0.6 is 11.6 Å². The molecule has 0 aliphatic heterocycles. The molecule has 0 unspecified atom stereocenters. The maximum atomic E-state index is 12.1. The summed E-state index contributed by atoms with van der Waals surface area (Å²) in [5, 5.41) is 0.588. The molecule has 7 heteroatoms. The van der Waals surface area contributed by atoms with Crippen molar-refractivity contribution >= 4 is 17.5 Å². The van der Waals surface area contributed by atoms with E-state index in [1.165, 1.54) is 17.0 Å². The van der Waals surface area contributed by atoms with Crippen LogP contribution in [0.15, 0.2) is 48.5 Å². The molecule has 128 valence electrons. The summed E-state index contributed by atoms with van der Waals surface area (Å²) in [6.45, 7) is -2.63. The molecule has 2 aromatic carbocycles. The van der Waals surface area contributed by atoms with Crippen molar-refractivity contribution < 1.29 is 23.0 Å². The largest absolute Gasteiger partial charge is 0.484 e. The predicted octanol–water partition coefficient (Wildman–Crippen LogP) is 3.98. The Morgan fingerprint density at radius 2 is 1.67 bits per heavy atom. The molecular weight excluding hydrogens is 340 g/mol. The smallest absolute Gasteiger partial charge is 0.387 e. The molecule has 24 heavy (non-hydrogen) atoms. The molecule has 0 spiro atoms. The van der Waals surface area contributed by atoms with Gasteiger partial charge in [-0.2, -0.15) is 8.78 Å². The van der Waals surface area contributed by atoms with Crippen LogP contribution in [-0.2, 0) is 11.3 Å². The van der Waals surface area contributed by atoms with E-state index >= 15 is 0 Å². The molecule has 0 heterocycles. The molecule has 2 rings (SSSR count). The highest BCUT2D eigenvalue weighted by Gasteiger charge is 2.11. The predicted molar refractivity (Wildman–Crippen MR) is 86.5 cm³/mol. The number of alkyl halides is 2. The van der Waals surface area contributed by atoms with E-state index < -0.39 is 6.61 Å². The highest BCUT2D eigenvalue weighted by molar-refractivity contribution is 6.30. The van der Waals surface area contributed by atoms with Gasteiger partial charge in [-0.15, -0.1) is 0 Å². The summed E-state index contributed by atoms with van der Waals surface area (Å²) in [5.74, 6) is 0.418. The third kappa shape index (κ3) is 5.70. The quantitative estimate of drug-likeness (QED) is 0.754. The van der Waals surface area contributed by atoms with Gasteiger partial charge in [-0.05, 0) is 42.0 Å². The number of ether oxygens (including phenoxy) is 2. The van der Waals surface area contributed by atoms with Crippen molar-refractivity contribution in [3.05, 3.63) is 59.1 Å². The lowest BCUT2D eigenvalue weighted by atomic mass is 10.2. The minimum Gasteiger partial charge on any atom is -0.484 e. The molecule has 1 amide bonds. The number of rotatable bonds is 7. The highest BCUT2D eigenvalue weighted by Crippen LogP contribution is 2.17. The average Bonchev–Trinajstić information content (AvgIpc) is 2.55. The van der Waals surface area contributed by atoms with Gasteiger partial charge >= 0.3 is 6.61 Å². The number of carbonyl (C=O) groups excluding carboxylic acids is 1. The Balaban J connectivity index is 1.83. The van der Waals surface area contributed by atoms with Crippen molar-refractivity contribution in [2.24, 2.45) is 0 Å². The number of nitrogens with zero attached hydrogens (tertiary/aromatic N) is 1. The number of benzene rings is 2. The van der Waals surface area contributed by atoms with Crippen LogP contribution in [0.4, 0.5) is 8.78 Å². The van der Waals surface area contributed by atoms with Crippen LogP contribution in [0, 0.1) is 0 Å². The fraction of sp³-hybridized carbons (Fsp3) is 0.235. The van der Waals surface area contributed by atoms with Gasteiger partial charge < -0.3 is 14.4 Å². The topological polar surface area (TPSA) is 38.8 Å².